The highest BCUT2D eigenvalue weighted by Crippen LogP contribution is 2.43. The van der Waals surface area contributed by atoms with Crippen molar-refractivity contribution in [1.82, 2.24) is 0 Å². The third kappa shape index (κ3) is 5.03. The number of rotatable bonds is 8. The van der Waals surface area contributed by atoms with Crippen LogP contribution in [0.25, 0.3) is 5.76 Å². The lowest BCUT2D eigenvalue weighted by molar-refractivity contribution is -0.132. The molecule has 0 radical (unpaired) electrons. The summed E-state index contributed by atoms with van der Waals surface area (Å²) in [5.74, 6) is -0.393. The van der Waals surface area contributed by atoms with Gasteiger partial charge in [-0.15, -0.1) is 0 Å². The van der Waals surface area contributed by atoms with E-state index < -0.39 is 17.7 Å². The molecule has 1 saturated heterocycles. The summed E-state index contributed by atoms with van der Waals surface area (Å²) in [5, 5.41) is 11.4. The molecular weight excluding hydrogens is 468 g/mol. The third-order valence-electron chi connectivity index (χ3n) is 6.32. The molecule has 192 valence electrons. The second kappa shape index (κ2) is 10.8. The topological polar surface area (TPSA) is 79.3 Å². The number of hydrogen-bond donors (Lipinski definition) is 1. The van der Waals surface area contributed by atoms with Gasteiger partial charge in [0.1, 0.15) is 17.3 Å². The molecule has 1 aliphatic heterocycles. The highest BCUT2D eigenvalue weighted by atomic mass is 16.5. The van der Waals surface area contributed by atoms with Crippen molar-refractivity contribution < 1.29 is 24.2 Å². The smallest absolute Gasteiger partial charge is 0.300 e. The van der Waals surface area contributed by atoms with Crippen LogP contribution >= 0.6 is 0 Å². The predicted octanol–water partition coefficient (Wildman–Crippen LogP) is 5.48. The van der Waals surface area contributed by atoms with E-state index in [-0.39, 0.29) is 11.3 Å². The van der Waals surface area contributed by atoms with Crippen molar-refractivity contribution in [3.05, 3.63) is 89.0 Å². The lowest BCUT2D eigenvalue weighted by Crippen LogP contribution is -2.29. The number of amides is 1. The molecule has 1 aliphatic rings. The molecule has 3 aromatic rings. The van der Waals surface area contributed by atoms with Crippen molar-refractivity contribution in [2.75, 3.05) is 37.1 Å². The second-order valence-corrected chi connectivity index (χ2v) is 9.00. The van der Waals surface area contributed by atoms with Crippen molar-refractivity contribution in [3.8, 4) is 11.5 Å². The molecule has 0 aliphatic carbocycles. The molecule has 4 rings (SSSR count). The average molecular weight is 501 g/mol. The molecule has 1 fully saturated rings. The standard InChI is InChI=1S/C30H32N2O5/c1-6-36-24-10-8-9-23(18-24)32-27(20-11-14-22(15-12-20)31(4)5)26(29(34)30(32)35)28(33)21-13-16-25(37-7-2)19(3)17-21/h8-18,27,33H,6-7H2,1-5H3/b28-26+. The Hall–Kier alpha value is -4.26. The van der Waals surface area contributed by atoms with Crippen LogP contribution in [0.2, 0.25) is 0 Å². The number of carbonyl (C=O) groups is 2. The first-order chi connectivity index (χ1) is 17.8. The predicted molar refractivity (Wildman–Crippen MR) is 146 cm³/mol. The number of benzene rings is 3. The SMILES string of the molecule is CCOc1cccc(N2C(=O)C(=O)/C(=C(/O)c3ccc(OCC)c(C)c3)C2c2ccc(N(C)C)cc2)c1. The molecule has 37 heavy (non-hydrogen) atoms. The van der Waals surface area contributed by atoms with Gasteiger partial charge in [0.25, 0.3) is 11.7 Å². The molecule has 1 heterocycles. The van der Waals surface area contributed by atoms with Crippen LogP contribution in [0.3, 0.4) is 0 Å². The molecule has 3 aromatic carbocycles. The van der Waals surface area contributed by atoms with E-state index in [4.69, 9.17) is 9.47 Å². The first-order valence-electron chi connectivity index (χ1n) is 12.3. The number of carbonyl (C=O) groups excluding carboxylic acids is 2. The maximum Gasteiger partial charge on any atom is 0.300 e. The van der Waals surface area contributed by atoms with E-state index in [9.17, 15) is 14.7 Å². The quantitative estimate of drug-likeness (QED) is 0.251. The molecule has 1 N–H and O–H groups in total. The number of ketones is 1. The van der Waals surface area contributed by atoms with Gasteiger partial charge < -0.3 is 19.5 Å². The largest absolute Gasteiger partial charge is 0.507 e. The van der Waals surface area contributed by atoms with Crippen LogP contribution in [-0.2, 0) is 9.59 Å². The van der Waals surface area contributed by atoms with Gasteiger partial charge in [0.05, 0.1) is 24.8 Å². The van der Waals surface area contributed by atoms with Crippen LogP contribution < -0.4 is 19.3 Å². The summed E-state index contributed by atoms with van der Waals surface area (Å²) in [7, 11) is 3.88. The van der Waals surface area contributed by atoms with E-state index >= 15 is 0 Å². The summed E-state index contributed by atoms with van der Waals surface area (Å²) in [5.41, 5.74) is 3.48. The number of aliphatic hydroxyl groups excluding tert-OH is 1. The maximum absolute atomic E-state index is 13.5. The number of aliphatic hydroxyl groups is 1. The number of Topliss-reactive ketones (excluding diaryl/α,β-unsaturated/α-hetero) is 1. The molecule has 0 spiro atoms. The van der Waals surface area contributed by atoms with Crippen LogP contribution in [0.1, 0.15) is 36.6 Å². The molecule has 1 amide bonds. The first kappa shape index (κ1) is 25.8. The van der Waals surface area contributed by atoms with Gasteiger partial charge in [-0.2, -0.15) is 0 Å². The summed E-state index contributed by atoms with van der Waals surface area (Å²) in [6, 6.07) is 19.1. The van der Waals surface area contributed by atoms with Crippen molar-refractivity contribution >= 4 is 28.8 Å². The van der Waals surface area contributed by atoms with Gasteiger partial charge in [0.15, 0.2) is 0 Å². The fraction of sp³-hybridized carbons (Fsp3) is 0.267. The Labute approximate surface area is 217 Å². The highest BCUT2D eigenvalue weighted by molar-refractivity contribution is 6.51. The lowest BCUT2D eigenvalue weighted by Gasteiger charge is -2.26. The summed E-state index contributed by atoms with van der Waals surface area (Å²) in [6.07, 6.45) is 0. The van der Waals surface area contributed by atoms with Gasteiger partial charge >= 0.3 is 0 Å². The van der Waals surface area contributed by atoms with Crippen molar-refractivity contribution in [2.24, 2.45) is 0 Å². The van der Waals surface area contributed by atoms with E-state index in [1.807, 2.05) is 64.0 Å². The minimum absolute atomic E-state index is 0.0352. The van der Waals surface area contributed by atoms with Crippen LogP contribution in [-0.4, -0.2) is 44.1 Å². The van der Waals surface area contributed by atoms with Gasteiger partial charge in [0, 0.05) is 37.1 Å². The van der Waals surface area contributed by atoms with Gasteiger partial charge in [-0.1, -0.05) is 18.2 Å². The van der Waals surface area contributed by atoms with Crippen molar-refractivity contribution in [3.63, 3.8) is 0 Å². The van der Waals surface area contributed by atoms with Gasteiger partial charge in [-0.25, -0.2) is 0 Å². The van der Waals surface area contributed by atoms with E-state index in [1.165, 1.54) is 4.90 Å². The van der Waals surface area contributed by atoms with Crippen LogP contribution in [0.4, 0.5) is 11.4 Å². The van der Waals surface area contributed by atoms with E-state index in [1.54, 1.807) is 42.5 Å². The van der Waals surface area contributed by atoms with Gasteiger partial charge in [-0.05, 0) is 74.4 Å². The Morgan fingerprint density at radius 1 is 0.946 bits per heavy atom. The minimum Gasteiger partial charge on any atom is -0.507 e. The lowest BCUT2D eigenvalue weighted by atomic mass is 9.94. The Morgan fingerprint density at radius 3 is 2.27 bits per heavy atom. The third-order valence-corrected chi connectivity index (χ3v) is 6.32. The monoisotopic (exact) mass is 500 g/mol. The number of hydrogen-bond acceptors (Lipinski definition) is 6. The fourth-order valence-corrected chi connectivity index (χ4v) is 4.53. The molecule has 1 unspecified atom stereocenters. The second-order valence-electron chi connectivity index (χ2n) is 9.00. The zero-order valence-corrected chi connectivity index (χ0v) is 21.8. The highest BCUT2D eigenvalue weighted by Gasteiger charge is 2.47. The van der Waals surface area contributed by atoms with E-state index in [0.717, 1.165) is 11.3 Å². The van der Waals surface area contributed by atoms with Crippen molar-refractivity contribution in [1.29, 1.82) is 0 Å². The summed E-state index contributed by atoms with van der Waals surface area (Å²) >= 11 is 0. The number of aryl methyl sites for hydroxylation is 1. The first-order valence-corrected chi connectivity index (χ1v) is 12.3. The number of nitrogens with zero attached hydrogens (tertiary/aromatic N) is 2. The summed E-state index contributed by atoms with van der Waals surface area (Å²) < 4.78 is 11.3. The Morgan fingerprint density at radius 2 is 1.65 bits per heavy atom. The van der Waals surface area contributed by atoms with Crippen LogP contribution in [0.5, 0.6) is 11.5 Å². The van der Waals surface area contributed by atoms with Crippen LogP contribution in [0.15, 0.2) is 72.3 Å². The van der Waals surface area contributed by atoms with E-state index in [0.29, 0.717) is 41.5 Å². The van der Waals surface area contributed by atoms with Gasteiger partial charge in [0.2, 0.25) is 0 Å². The summed E-state index contributed by atoms with van der Waals surface area (Å²) in [6.45, 7) is 6.63. The Kier molecular flexibility index (Phi) is 7.53. The number of ether oxygens (including phenoxy) is 2. The molecule has 0 aromatic heterocycles. The van der Waals surface area contributed by atoms with Crippen LogP contribution in [0, 0.1) is 6.92 Å². The average Bonchev–Trinajstić information content (AvgIpc) is 3.15. The zero-order chi connectivity index (χ0) is 26.7. The van der Waals surface area contributed by atoms with Crippen molar-refractivity contribution in [2.45, 2.75) is 26.8 Å². The Balaban J connectivity index is 1.90. The normalized spacial score (nSPS) is 16.7. The molecule has 7 nitrogen and oxygen atoms in total. The fourth-order valence-electron chi connectivity index (χ4n) is 4.53. The Bertz CT molecular complexity index is 1340. The number of anilines is 2. The minimum atomic E-state index is -0.819. The zero-order valence-electron chi connectivity index (χ0n) is 21.8. The molecule has 0 bridgehead atoms. The van der Waals surface area contributed by atoms with Gasteiger partial charge in [-0.3, -0.25) is 14.5 Å². The van der Waals surface area contributed by atoms with E-state index in [2.05, 4.69) is 0 Å². The molecule has 1 atom stereocenters. The molecule has 0 saturated carbocycles. The molecular formula is C30H32N2O5. The summed E-state index contributed by atoms with van der Waals surface area (Å²) in [4.78, 5) is 30.3. The molecule has 7 heteroatoms. The maximum atomic E-state index is 13.5.